The number of rotatable bonds is 4. The number of benzene rings is 3. The van der Waals surface area contributed by atoms with Gasteiger partial charge in [0.25, 0.3) is 17.7 Å². The maximum absolute atomic E-state index is 13.0. The molecule has 5 rings (SSSR count). The molecule has 176 valence electrons. The Morgan fingerprint density at radius 3 is 2.37 bits per heavy atom. The van der Waals surface area contributed by atoms with Gasteiger partial charge >= 0.3 is 5.97 Å². The van der Waals surface area contributed by atoms with Crippen molar-refractivity contribution >= 4 is 52.6 Å². The molecular formula is C26H18Cl2N2O5. The van der Waals surface area contributed by atoms with Crippen LogP contribution in [0.3, 0.4) is 0 Å². The van der Waals surface area contributed by atoms with Gasteiger partial charge in [-0.2, -0.15) is 0 Å². The number of anilines is 1. The number of imide groups is 1. The van der Waals surface area contributed by atoms with Crippen LogP contribution in [0.4, 0.5) is 5.69 Å². The van der Waals surface area contributed by atoms with Gasteiger partial charge in [-0.15, -0.1) is 0 Å². The molecule has 0 bridgehead atoms. The lowest BCUT2D eigenvalue weighted by Crippen LogP contribution is -2.38. The predicted octanol–water partition coefficient (Wildman–Crippen LogP) is 4.54. The van der Waals surface area contributed by atoms with Crippen molar-refractivity contribution in [2.24, 2.45) is 0 Å². The summed E-state index contributed by atoms with van der Waals surface area (Å²) in [5, 5.41) is 0.493. The fraction of sp³-hybridized carbons (Fsp3) is 0.154. The van der Waals surface area contributed by atoms with Crippen molar-refractivity contribution < 1.29 is 23.9 Å². The number of hydrogen-bond acceptors (Lipinski definition) is 5. The highest BCUT2D eigenvalue weighted by Crippen LogP contribution is 2.33. The van der Waals surface area contributed by atoms with Crippen molar-refractivity contribution in [2.75, 3.05) is 18.1 Å². The number of ether oxygens (including phenoxy) is 1. The van der Waals surface area contributed by atoms with E-state index in [2.05, 4.69) is 0 Å². The molecule has 0 aliphatic carbocycles. The lowest BCUT2D eigenvalue weighted by atomic mass is 10.00. The van der Waals surface area contributed by atoms with Crippen molar-refractivity contribution in [1.29, 1.82) is 0 Å². The number of fused-ring (bicyclic) bond motifs is 2. The Kier molecular flexibility index (Phi) is 6.05. The van der Waals surface area contributed by atoms with Gasteiger partial charge in [0, 0.05) is 13.1 Å². The predicted molar refractivity (Wildman–Crippen MR) is 130 cm³/mol. The van der Waals surface area contributed by atoms with E-state index in [9.17, 15) is 19.2 Å². The van der Waals surface area contributed by atoms with Crippen LogP contribution >= 0.6 is 23.2 Å². The van der Waals surface area contributed by atoms with E-state index < -0.39 is 24.4 Å². The minimum absolute atomic E-state index is 0.0643. The Labute approximate surface area is 210 Å². The van der Waals surface area contributed by atoms with Crippen molar-refractivity contribution in [2.45, 2.75) is 13.0 Å². The monoisotopic (exact) mass is 508 g/mol. The molecule has 0 radical (unpaired) electrons. The third-order valence-corrected chi connectivity index (χ3v) is 6.83. The first kappa shape index (κ1) is 23.1. The van der Waals surface area contributed by atoms with Gasteiger partial charge in [0.2, 0.25) is 0 Å². The molecule has 0 fully saturated rings. The molecule has 2 aliphatic rings. The molecule has 9 heteroatoms. The van der Waals surface area contributed by atoms with E-state index in [0.29, 0.717) is 18.1 Å². The zero-order valence-corrected chi connectivity index (χ0v) is 19.8. The van der Waals surface area contributed by atoms with Crippen LogP contribution in [0.5, 0.6) is 0 Å². The van der Waals surface area contributed by atoms with Gasteiger partial charge in [-0.25, -0.2) is 9.69 Å². The van der Waals surface area contributed by atoms with Crippen LogP contribution in [0.15, 0.2) is 60.7 Å². The Morgan fingerprint density at radius 1 is 0.857 bits per heavy atom. The maximum atomic E-state index is 13.0. The summed E-state index contributed by atoms with van der Waals surface area (Å²) < 4.78 is 5.22. The lowest BCUT2D eigenvalue weighted by Gasteiger charge is -2.28. The highest BCUT2D eigenvalue weighted by molar-refractivity contribution is 6.42. The molecule has 2 heterocycles. The van der Waals surface area contributed by atoms with E-state index in [1.807, 2.05) is 24.3 Å². The number of esters is 1. The third kappa shape index (κ3) is 4.29. The molecule has 0 saturated carbocycles. The zero-order valence-electron chi connectivity index (χ0n) is 18.3. The minimum atomic E-state index is -0.758. The summed E-state index contributed by atoms with van der Waals surface area (Å²) in [6.45, 7) is 0.598. The first-order valence-corrected chi connectivity index (χ1v) is 11.6. The fourth-order valence-corrected chi connectivity index (χ4v) is 4.53. The molecule has 0 saturated heterocycles. The van der Waals surface area contributed by atoms with Gasteiger partial charge in [-0.1, -0.05) is 47.5 Å². The molecule has 0 spiro atoms. The Bertz CT molecular complexity index is 1400. The largest absolute Gasteiger partial charge is 0.452 e. The molecule has 0 N–H and O–H groups in total. The molecule has 3 aromatic carbocycles. The number of nitrogens with zero attached hydrogens (tertiary/aromatic N) is 2. The van der Waals surface area contributed by atoms with E-state index in [0.717, 1.165) is 16.9 Å². The highest BCUT2D eigenvalue weighted by atomic mass is 35.5. The molecule has 0 aromatic heterocycles. The smallest absolute Gasteiger partial charge is 0.338 e. The lowest BCUT2D eigenvalue weighted by molar-refractivity contribution is -0.135. The van der Waals surface area contributed by atoms with Gasteiger partial charge < -0.3 is 9.64 Å². The summed E-state index contributed by atoms with van der Waals surface area (Å²) in [6.07, 6.45) is 0.742. The third-order valence-electron chi connectivity index (χ3n) is 6.09. The number of carbonyl (C=O) groups excluding carboxylic acids is 4. The van der Waals surface area contributed by atoms with Crippen LogP contribution in [-0.2, 0) is 22.5 Å². The second-order valence-corrected chi connectivity index (χ2v) is 9.03. The zero-order chi connectivity index (χ0) is 24.7. The van der Waals surface area contributed by atoms with Crippen LogP contribution in [-0.4, -0.2) is 41.7 Å². The summed E-state index contributed by atoms with van der Waals surface area (Å²) in [4.78, 5) is 53.6. The molecule has 7 nitrogen and oxygen atoms in total. The van der Waals surface area contributed by atoms with Crippen molar-refractivity contribution in [1.82, 2.24) is 4.90 Å². The van der Waals surface area contributed by atoms with Gasteiger partial charge in [-0.05, 0) is 53.9 Å². The molecule has 3 amide bonds. The van der Waals surface area contributed by atoms with E-state index in [1.54, 1.807) is 4.90 Å². The molecular weight excluding hydrogens is 491 g/mol. The number of halogens is 2. The van der Waals surface area contributed by atoms with E-state index in [-0.39, 0.29) is 33.3 Å². The highest BCUT2D eigenvalue weighted by Gasteiger charge is 2.37. The van der Waals surface area contributed by atoms with E-state index in [4.69, 9.17) is 27.9 Å². The Hall–Kier alpha value is -3.68. The number of carbonyl (C=O) groups is 4. The molecule has 0 unspecified atom stereocenters. The van der Waals surface area contributed by atoms with Gasteiger partial charge in [0.05, 0.1) is 32.4 Å². The average molecular weight is 509 g/mol. The average Bonchev–Trinajstić information content (AvgIpc) is 3.12. The first-order chi connectivity index (χ1) is 16.8. The SMILES string of the molecule is O=C(OCC(=O)N1CCc2ccccc2C1)c1ccc2c(c1)C(=O)N(c1ccc(Cl)c(Cl)c1)C2=O. The van der Waals surface area contributed by atoms with Crippen molar-refractivity contribution in [3.63, 3.8) is 0 Å². The quantitative estimate of drug-likeness (QED) is 0.381. The van der Waals surface area contributed by atoms with Crippen LogP contribution in [0.1, 0.15) is 42.2 Å². The second kappa shape index (κ2) is 9.17. The van der Waals surface area contributed by atoms with Crippen molar-refractivity contribution in [3.05, 3.63) is 98.5 Å². The van der Waals surface area contributed by atoms with E-state index in [1.165, 1.54) is 42.0 Å². The van der Waals surface area contributed by atoms with Gasteiger partial charge in [-0.3, -0.25) is 14.4 Å². The van der Waals surface area contributed by atoms with E-state index >= 15 is 0 Å². The summed E-state index contributed by atoms with van der Waals surface area (Å²) in [5.74, 6) is -2.19. The van der Waals surface area contributed by atoms with Gasteiger partial charge in [0.1, 0.15) is 0 Å². The Morgan fingerprint density at radius 2 is 1.60 bits per heavy atom. The number of amides is 3. The van der Waals surface area contributed by atoms with Crippen molar-refractivity contribution in [3.8, 4) is 0 Å². The fourth-order valence-electron chi connectivity index (χ4n) is 4.24. The maximum Gasteiger partial charge on any atom is 0.338 e. The van der Waals surface area contributed by atoms with Crippen LogP contribution in [0.25, 0.3) is 0 Å². The van der Waals surface area contributed by atoms with Crippen LogP contribution in [0, 0.1) is 0 Å². The summed E-state index contributed by atoms with van der Waals surface area (Å²) >= 11 is 12.0. The normalized spacial score (nSPS) is 14.6. The van der Waals surface area contributed by atoms with Gasteiger partial charge in [0.15, 0.2) is 6.61 Å². The first-order valence-electron chi connectivity index (χ1n) is 10.8. The molecule has 35 heavy (non-hydrogen) atoms. The van der Waals surface area contributed by atoms with Crippen LogP contribution in [0.2, 0.25) is 10.0 Å². The number of hydrogen-bond donors (Lipinski definition) is 0. The van der Waals surface area contributed by atoms with Crippen LogP contribution < -0.4 is 4.90 Å². The molecule has 2 aliphatic heterocycles. The molecule has 0 atom stereocenters. The molecule has 3 aromatic rings. The Balaban J connectivity index is 1.27. The minimum Gasteiger partial charge on any atom is -0.452 e. The standard InChI is InChI=1S/C26H18Cl2N2O5/c27-21-8-6-18(12-22(21)28)30-24(32)19-7-5-16(11-20(19)25(30)33)26(34)35-14-23(31)29-10-9-15-3-1-2-4-17(15)13-29/h1-8,11-12H,9-10,13-14H2. The second-order valence-electron chi connectivity index (χ2n) is 8.21. The summed E-state index contributed by atoms with van der Waals surface area (Å²) in [6, 6.07) is 16.4. The summed E-state index contributed by atoms with van der Waals surface area (Å²) in [5.41, 5.74) is 2.84. The summed E-state index contributed by atoms with van der Waals surface area (Å²) in [7, 11) is 0. The topological polar surface area (TPSA) is 84.0 Å².